The number of methoxy groups -OCH3 is 2. The molecule has 0 radical (unpaired) electrons. The minimum Gasteiger partial charge on any atom is -0.492 e. The van der Waals surface area contributed by atoms with Crippen molar-refractivity contribution in [2.45, 2.75) is 6.92 Å². The second-order valence-electron chi connectivity index (χ2n) is 2.66. The Hall–Kier alpha value is -1.36. The van der Waals surface area contributed by atoms with E-state index >= 15 is 0 Å². The molecule has 0 atom stereocenters. The number of ether oxygens (including phenoxy) is 2. The lowest BCUT2D eigenvalue weighted by Crippen LogP contribution is -2.07. The Kier molecular flexibility index (Phi) is 6.37. The van der Waals surface area contributed by atoms with E-state index in [1.165, 1.54) is 20.4 Å². The second-order valence-corrected chi connectivity index (χ2v) is 2.66. The van der Waals surface area contributed by atoms with Gasteiger partial charge in [-0.3, -0.25) is 0 Å². The predicted octanol–water partition coefficient (Wildman–Crippen LogP) is 2.39. The minimum atomic E-state index is -1.08. The number of hydrogen-bond donors (Lipinski definition) is 1. The lowest BCUT2D eigenvalue weighted by atomic mass is 10.3. The van der Waals surface area contributed by atoms with Crippen LogP contribution in [0.1, 0.15) is 6.92 Å². The summed E-state index contributed by atoms with van der Waals surface area (Å²) in [7, 11) is 2.53. The SMILES string of the molecule is C=CN/C(C)=C(OC)/C(F)=C(/F)COC. The summed E-state index contributed by atoms with van der Waals surface area (Å²) in [6, 6.07) is 0. The molecule has 0 heterocycles. The Labute approximate surface area is 88.1 Å². The smallest absolute Gasteiger partial charge is 0.200 e. The average molecular weight is 219 g/mol. The maximum atomic E-state index is 13.4. The van der Waals surface area contributed by atoms with Gasteiger partial charge in [0.05, 0.1) is 12.8 Å². The molecule has 0 bridgehead atoms. The van der Waals surface area contributed by atoms with Gasteiger partial charge in [0.15, 0.2) is 11.6 Å². The molecule has 15 heavy (non-hydrogen) atoms. The fourth-order valence-corrected chi connectivity index (χ4v) is 0.939. The van der Waals surface area contributed by atoms with Crippen LogP contribution in [0, 0.1) is 0 Å². The molecular weight excluding hydrogens is 204 g/mol. The van der Waals surface area contributed by atoms with E-state index in [4.69, 9.17) is 4.74 Å². The summed E-state index contributed by atoms with van der Waals surface area (Å²) < 4.78 is 35.6. The normalized spacial score (nSPS) is 13.9. The Morgan fingerprint density at radius 2 is 2.00 bits per heavy atom. The quantitative estimate of drug-likeness (QED) is 0.549. The van der Waals surface area contributed by atoms with Crippen LogP contribution in [0.2, 0.25) is 0 Å². The summed E-state index contributed by atoms with van der Waals surface area (Å²) in [6.45, 7) is 4.51. The molecule has 0 saturated carbocycles. The van der Waals surface area contributed by atoms with Crippen molar-refractivity contribution in [1.82, 2.24) is 5.32 Å². The maximum Gasteiger partial charge on any atom is 0.200 e. The molecule has 0 aromatic heterocycles. The van der Waals surface area contributed by atoms with Gasteiger partial charge in [0.25, 0.3) is 0 Å². The standard InChI is InChI=1S/C10H15F2NO2/c1-5-13-7(2)10(15-4)9(12)8(11)6-14-3/h5,13H,1,6H2,2-4H3/b9-8-,10-7-. The van der Waals surface area contributed by atoms with Gasteiger partial charge in [-0.25, -0.2) is 4.39 Å². The molecule has 0 aliphatic carbocycles. The van der Waals surface area contributed by atoms with E-state index in [1.807, 2.05) is 0 Å². The Bertz CT molecular complexity index is 285. The van der Waals surface area contributed by atoms with Crippen LogP contribution in [0.5, 0.6) is 0 Å². The highest BCUT2D eigenvalue weighted by Gasteiger charge is 2.15. The van der Waals surface area contributed by atoms with Crippen molar-refractivity contribution in [1.29, 1.82) is 0 Å². The first-order chi connectivity index (χ1) is 7.08. The summed E-state index contributed by atoms with van der Waals surface area (Å²) in [5.41, 5.74) is 0.330. The van der Waals surface area contributed by atoms with E-state index in [1.54, 1.807) is 6.92 Å². The molecule has 0 spiro atoms. The van der Waals surface area contributed by atoms with Gasteiger partial charge in [-0.2, -0.15) is 4.39 Å². The highest BCUT2D eigenvalue weighted by molar-refractivity contribution is 5.27. The molecule has 0 unspecified atom stereocenters. The third kappa shape index (κ3) is 4.12. The first-order valence-electron chi connectivity index (χ1n) is 4.24. The molecule has 0 rings (SSSR count). The van der Waals surface area contributed by atoms with Gasteiger partial charge in [0.2, 0.25) is 5.83 Å². The lowest BCUT2D eigenvalue weighted by molar-refractivity contribution is 0.197. The van der Waals surface area contributed by atoms with Gasteiger partial charge in [-0.15, -0.1) is 0 Å². The fraction of sp³-hybridized carbons (Fsp3) is 0.400. The van der Waals surface area contributed by atoms with Crippen LogP contribution in [0.4, 0.5) is 8.78 Å². The summed E-state index contributed by atoms with van der Waals surface area (Å²) in [5, 5.41) is 2.61. The molecule has 1 N–H and O–H groups in total. The molecular formula is C10H15F2NO2. The van der Waals surface area contributed by atoms with Crippen LogP contribution in [0.25, 0.3) is 0 Å². The molecule has 0 aromatic rings. The Morgan fingerprint density at radius 3 is 2.40 bits per heavy atom. The largest absolute Gasteiger partial charge is 0.492 e. The zero-order chi connectivity index (χ0) is 11.8. The molecule has 0 aliphatic rings. The van der Waals surface area contributed by atoms with Gasteiger partial charge in [-0.1, -0.05) is 6.58 Å². The van der Waals surface area contributed by atoms with E-state index in [0.29, 0.717) is 5.70 Å². The molecule has 0 aliphatic heterocycles. The zero-order valence-corrected chi connectivity index (χ0v) is 9.06. The van der Waals surface area contributed by atoms with Crippen molar-refractivity contribution in [2.24, 2.45) is 0 Å². The van der Waals surface area contributed by atoms with Gasteiger partial charge < -0.3 is 14.8 Å². The third-order valence-electron chi connectivity index (χ3n) is 1.57. The van der Waals surface area contributed by atoms with Gasteiger partial charge >= 0.3 is 0 Å². The molecule has 0 saturated heterocycles. The van der Waals surface area contributed by atoms with Crippen molar-refractivity contribution in [3.05, 3.63) is 35.9 Å². The summed E-state index contributed by atoms with van der Waals surface area (Å²) in [5.74, 6) is -2.30. The van der Waals surface area contributed by atoms with Crippen molar-refractivity contribution < 1.29 is 18.3 Å². The van der Waals surface area contributed by atoms with E-state index in [2.05, 4.69) is 16.6 Å². The first kappa shape index (κ1) is 13.6. The monoisotopic (exact) mass is 219 g/mol. The Balaban J connectivity index is 5.04. The number of rotatable bonds is 6. The summed E-state index contributed by atoms with van der Waals surface area (Å²) in [4.78, 5) is 0. The molecule has 3 nitrogen and oxygen atoms in total. The lowest BCUT2D eigenvalue weighted by Gasteiger charge is -2.09. The molecule has 0 aromatic carbocycles. The van der Waals surface area contributed by atoms with E-state index in [9.17, 15) is 8.78 Å². The molecule has 86 valence electrons. The molecule has 0 amide bonds. The Morgan fingerprint density at radius 1 is 1.40 bits per heavy atom. The van der Waals surface area contributed by atoms with Crippen molar-refractivity contribution in [3.63, 3.8) is 0 Å². The number of nitrogens with one attached hydrogen (secondary N) is 1. The summed E-state index contributed by atoms with van der Waals surface area (Å²) in [6.07, 6.45) is 1.34. The second kappa shape index (κ2) is 7.00. The predicted molar refractivity (Wildman–Crippen MR) is 54.2 cm³/mol. The maximum absolute atomic E-state index is 13.4. The van der Waals surface area contributed by atoms with Crippen LogP contribution in [0.3, 0.4) is 0 Å². The van der Waals surface area contributed by atoms with Crippen LogP contribution < -0.4 is 5.32 Å². The van der Waals surface area contributed by atoms with Crippen molar-refractivity contribution >= 4 is 0 Å². The third-order valence-corrected chi connectivity index (χ3v) is 1.57. The van der Waals surface area contributed by atoms with Gasteiger partial charge in [-0.05, 0) is 13.1 Å². The zero-order valence-electron chi connectivity index (χ0n) is 9.06. The molecule has 0 fully saturated rings. The average Bonchev–Trinajstić information content (AvgIpc) is 2.19. The van der Waals surface area contributed by atoms with Crippen molar-refractivity contribution in [3.8, 4) is 0 Å². The fourth-order valence-electron chi connectivity index (χ4n) is 0.939. The van der Waals surface area contributed by atoms with Gasteiger partial charge in [0.1, 0.15) is 6.61 Å². The highest BCUT2D eigenvalue weighted by Crippen LogP contribution is 2.20. The van der Waals surface area contributed by atoms with E-state index < -0.39 is 18.3 Å². The number of halogens is 2. The topological polar surface area (TPSA) is 30.5 Å². The number of allylic oxidation sites excluding steroid dienone is 2. The summed E-state index contributed by atoms with van der Waals surface area (Å²) >= 11 is 0. The van der Waals surface area contributed by atoms with E-state index in [-0.39, 0.29) is 5.76 Å². The highest BCUT2D eigenvalue weighted by atomic mass is 19.2. The van der Waals surface area contributed by atoms with Crippen molar-refractivity contribution in [2.75, 3.05) is 20.8 Å². The van der Waals surface area contributed by atoms with Crippen LogP contribution in [-0.4, -0.2) is 20.8 Å². The van der Waals surface area contributed by atoms with Gasteiger partial charge in [0, 0.05) is 7.11 Å². The van der Waals surface area contributed by atoms with Crippen LogP contribution in [-0.2, 0) is 9.47 Å². The van der Waals surface area contributed by atoms with Crippen LogP contribution >= 0.6 is 0 Å². The minimum absolute atomic E-state index is 0.204. The van der Waals surface area contributed by atoms with E-state index in [0.717, 1.165) is 0 Å². The molecule has 5 heteroatoms. The number of hydrogen-bond acceptors (Lipinski definition) is 3. The van der Waals surface area contributed by atoms with Crippen LogP contribution in [0.15, 0.2) is 35.9 Å². The first-order valence-corrected chi connectivity index (χ1v) is 4.24.